The topological polar surface area (TPSA) is 46.2 Å². The van der Waals surface area contributed by atoms with E-state index in [-0.39, 0.29) is 0 Å². The molecule has 0 aliphatic rings. The van der Waals surface area contributed by atoms with Gasteiger partial charge in [-0.1, -0.05) is 27.5 Å². The molecule has 2 aromatic carbocycles. The molecule has 0 atom stereocenters. The van der Waals surface area contributed by atoms with E-state index >= 15 is 0 Å². The van der Waals surface area contributed by atoms with E-state index in [1.165, 1.54) is 6.07 Å². The van der Waals surface area contributed by atoms with Crippen LogP contribution in [0.4, 0.5) is 18.9 Å². The quantitative estimate of drug-likeness (QED) is 0.834. The Balaban J connectivity index is 2.47. The maximum atomic E-state index is 13.7. The van der Waals surface area contributed by atoms with Crippen LogP contribution in [0.3, 0.4) is 0 Å². The number of benzene rings is 2. The fourth-order valence-electron chi connectivity index (χ4n) is 1.52. The molecule has 21 heavy (non-hydrogen) atoms. The van der Waals surface area contributed by atoms with Crippen LogP contribution in [0.15, 0.2) is 39.7 Å². The van der Waals surface area contributed by atoms with Gasteiger partial charge in [-0.25, -0.2) is 21.6 Å². The Bertz CT molecular complexity index is 791. The monoisotopic (exact) mass is 399 g/mol. The van der Waals surface area contributed by atoms with E-state index in [1.807, 2.05) is 0 Å². The van der Waals surface area contributed by atoms with Crippen LogP contribution in [-0.4, -0.2) is 8.42 Å². The van der Waals surface area contributed by atoms with Crippen LogP contribution in [0.2, 0.25) is 5.02 Å². The first-order valence-corrected chi connectivity index (χ1v) is 7.98. The van der Waals surface area contributed by atoms with Crippen molar-refractivity contribution in [2.45, 2.75) is 4.90 Å². The maximum absolute atomic E-state index is 13.7. The molecular weight excluding hydrogens is 395 g/mol. The van der Waals surface area contributed by atoms with Crippen molar-refractivity contribution in [3.8, 4) is 0 Å². The molecule has 0 spiro atoms. The molecule has 0 unspecified atom stereocenters. The van der Waals surface area contributed by atoms with Gasteiger partial charge in [0.2, 0.25) is 0 Å². The lowest BCUT2D eigenvalue weighted by Crippen LogP contribution is -2.16. The molecule has 9 heteroatoms. The summed E-state index contributed by atoms with van der Waals surface area (Å²) >= 11 is 8.57. The molecule has 1 N–H and O–H groups in total. The molecular formula is C12H6BrClF3NO2S. The predicted octanol–water partition coefficient (Wildman–Crippen LogP) is 4.32. The van der Waals surface area contributed by atoms with E-state index in [1.54, 1.807) is 4.72 Å². The summed E-state index contributed by atoms with van der Waals surface area (Å²) in [6.07, 6.45) is 0. The summed E-state index contributed by atoms with van der Waals surface area (Å²) in [4.78, 5) is -0.689. The number of rotatable bonds is 3. The summed E-state index contributed by atoms with van der Waals surface area (Å²) in [6, 6.07) is 4.44. The van der Waals surface area contributed by atoms with Crippen molar-refractivity contribution in [3.63, 3.8) is 0 Å². The van der Waals surface area contributed by atoms with Gasteiger partial charge in [-0.2, -0.15) is 0 Å². The normalized spacial score (nSPS) is 11.5. The Morgan fingerprint density at radius 1 is 1.05 bits per heavy atom. The third-order valence-corrected chi connectivity index (χ3v) is 4.60. The molecule has 2 rings (SSSR count). The first kappa shape index (κ1) is 16.1. The van der Waals surface area contributed by atoms with Crippen LogP contribution in [0.1, 0.15) is 0 Å². The van der Waals surface area contributed by atoms with Gasteiger partial charge in [-0.15, -0.1) is 0 Å². The number of halogens is 5. The maximum Gasteiger partial charge on any atom is 0.264 e. The molecule has 0 amide bonds. The average molecular weight is 401 g/mol. The lowest BCUT2D eigenvalue weighted by molar-refractivity contribution is 0.567. The van der Waals surface area contributed by atoms with Gasteiger partial charge in [0.1, 0.15) is 22.2 Å². The first-order valence-electron chi connectivity index (χ1n) is 5.33. The highest BCUT2D eigenvalue weighted by Crippen LogP contribution is 2.29. The van der Waals surface area contributed by atoms with Gasteiger partial charge in [0.05, 0.1) is 5.02 Å². The van der Waals surface area contributed by atoms with Gasteiger partial charge in [-0.05, 0) is 24.3 Å². The zero-order chi connectivity index (χ0) is 15.8. The average Bonchev–Trinajstić information content (AvgIpc) is 2.33. The molecule has 0 saturated carbocycles. The summed E-state index contributed by atoms with van der Waals surface area (Å²) < 4.78 is 66.4. The molecule has 0 bridgehead atoms. The van der Waals surface area contributed by atoms with Gasteiger partial charge in [-0.3, -0.25) is 4.72 Å². The molecule has 0 heterocycles. The van der Waals surface area contributed by atoms with Crippen molar-refractivity contribution in [2.24, 2.45) is 0 Å². The molecule has 3 nitrogen and oxygen atoms in total. The van der Waals surface area contributed by atoms with E-state index in [9.17, 15) is 21.6 Å². The van der Waals surface area contributed by atoms with Crippen molar-refractivity contribution in [3.05, 3.63) is 57.3 Å². The van der Waals surface area contributed by atoms with E-state index in [0.29, 0.717) is 10.5 Å². The van der Waals surface area contributed by atoms with Gasteiger partial charge in [0, 0.05) is 10.5 Å². The van der Waals surface area contributed by atoms with E-state index < -0.39 is 43.1 Å². The highest BCUT2D eigenvalue weighted by molar-refractivity contribution is 9.10. The SMILES string of the molecule is O=S(=O)(Nc1c(F)cc(F)cc1Cl)c1ccc(Br)cc1F. The smallest absolute Gasteiger partial charge is 0.264 e. The Morgan fingerprint density at radius 2 is 1.71 bits per heavy atom. The largest absolute Gasteiger partial charge is 0.275 e. The van der Waals surface area contributed by atoms with Crippen molar-refractivity contribution >= 4 is 43.2 Å². The minimum absolute atomic E-state index is 0.338. The summed E-state index contributed by atoms with van der Waals surface area (Å²) in [5.41, 5.74) is -0.652. The number of sulfonamides is 1. The zero-order valence-electron chi connectivity index (χ0n) is 10.0. The number of anilines is 1. The second kappa shape index (κ2) is 5.86. The van der Waals surface area contributed by atoms with Crippen LogP contribution in [0.5, 0.6) is 0 Å². The van der Waals surface area contributed by atoms with E-state index in [0.717, 1.165) is 18.2 Å². The Kier molecular flexibility index (Phi) is 4.50. The van der Waals surface area contributed by atoms with Crippen molar-refractivity contribution in [2.75, 3.05) is 4.72 Å². The van der Waals surface area contributed by atoms with Crippen LogP contribution in [-0.2, 0) is 10.0 Å². The van der Waals surface area contributed by atoms with Gasteiger partial charge >= 0.3 is 0 Å². The minimum atomic E-state index is -4.41. The first-order chi connectivity index (χ1) is 9.70. The molecule has 0 fully saturated rings. The Morgan fingerprint density at radius 3 is 2.29 bits per heavy atom. The highest BCUT2D eigenvalue weighted by Gasteiger charge is 2.22. The second-order valence-electron chi connectivity index (χ2n) is 3.92. The summed E-state index contributed by atoms with van der Waals surface area (Å²) in [5, 5.41) is -0.478. The summed E-state index contributed by atoms with van der Waals surface area (Å²) in [7, 11) is -4.41. The molecule has 0 radical (unpaired) electrons. The van der Waals surface area contributed by atoms with Crippen molar-refractivity contribution in [1.29, 1.82) is 0 Å². The van der Waals surface area contributed by atoms with Crippen LogP contribution in [0, 0.1) is 17.5 Å². The number of nitrogens with one attached hydrogen (secondary N) is 1. The number of hydrogen-bond acceptors (Lipinski definition) is 2. The molecule has 0 aliphatic carbocycles. The third-order valence-electron chi connectivity index (χ3n) is 2.43. The van der Waals surface area contributed by atoms with Crippen LogP contribution in [0.25, 0.3) is 0 Å². The highest BCUT2D eigenvalue weighted by atomic mass is 79.9. The molecule has 0 aromatic heterocycles. The third kappa shape index (κ3) is 3.50. The fourth-order valence-corrected chi connectivity index (χ4v) is 3.30. The lowest BCUT2D eigenvalue weighted by atomic mass is 10.3. The van der Waals surface area contributed by atoms with Crippen molar-refractivity contribution in [1.82, 2.24) is 0 Å². The Hall–Kier alpha value is -1.25. The van der Waals surface area contributed by atoms with Gasteiger partial charge in [0.15, 0.2) is 5.82 Å². The Labute approximate surface area is 131 Å². The zero-order valence-corrected chi connectivity index (χ0v) is 13.2. The number of hydrogen-bond donors (Lipinski definition) is 1. The lowest BCUT2D eigenvalue weighted by Gasteiger charge is -2.11. The van der Waals surface area contributed by atoms with E-state index in [4.69, 9.17) is 11.6 Å². The van der Waals surface area contributed by atoms with Crippen LogP contribution >= 0.6 is 27.5 Å². The summed E-state index contributed by atoms with van der Waals surface area (Å²) in [5.74, 6) is -3.20. The van der Waals surface area contributed by atoms with Gasteiger partial charge in [0.25, 0.3) is 10.0 Å². The van der Waals surface area contributed by atoms with Gasteiger partial charge < -0.3 is 0 Å². The molecule has 112 valence electrons. The minimum Gasteiger partial charge on any atom is -0.275 e. The van der Waals surface area contributed by atoms with E-state index in [2.05, 4.69) is 15.9 Å². The molecule has 2 aromatic rings. The molecule has 0 aliphatic heterocycles. The predicted molar refractivity (Wildman–Crippen MR) is 76.3 cm³/mol. The second-order valence-corrected chi connectivity index (χ2v) is 6.90. The molecule has 0 saturated heterocycles. The summed E-state index contributed by atoms with van der Waals surface area (Å²) in [6.45, 7) is 0. The fraction of sp³-hybridized carbons (Fsp3) is 0. The standard InChI is InChI=1S/C12H6BrClF3NO2S/c13-6-1-2-11(9(16)3-6)21(19,20)18-12-8(14)4-7(15)5-10(12)17/h1-5,18H. The van der Waals surface area contributed by atoms with Crippen molar-refractivity contribution < 1.29 is 21.6 Å². The van der Waals surface area contributed by atoms with Crippen LogP contribution < -0.4 is 4.72 Å².